The minimum absolute atomic E-state index is 0.0296. The van der Waals surface area contributed by atoms with Crippen LogP contribution in [0.4, 0.5) is 10.1 Å². The molecule has 2 aromatic rings. The number of carbonyl (C=O) groups is 1. The fourth-order valence-electron chi connectivity index (χ4n) is 2.10. The molecule has 0 radical (unpaired) electrons. The number of rotatable bonds is 5. The molecule has 24 heavy (non-hydrogen) atoms. The van der Waals surface area contributed by atoms with E-state index < -0.39 is 5.91 Å². The average molecular weight is 323 g/mol. The van der Waals surface area contributed by atoms with Gasteiger partial charge in [0.2, 0.25) is 0 Å². The number of nitriles is 1. The molecule has 1 amide bonds. The topological polar surface area (TPSA) is 64.9 Å². The summed E-state index contributed by atoms with van der Waals surface area (Å²) in [6, 6.07) is 13.5. The third kappa shape index (κ3) is 4.43. The summed E-state index contributed by atoms with van der Waals surface area (Å²) in [6.45, 7) is 4.26. The molecule has 0 fully saturated rings. The first kappa shape index (κ1) is 17.2. The largest absolute Gasteiger partial charge is 0.386 e. The van der Waals surface area contributed by atoms with Crippen LogP contribution in [0.15, 0.2) is 54.2 Å². The van der Waals surface area contributed by atoms with Crippen molar-refractivity contribution >= 4 is 11.6 Å². The van der Waals surface area contributed by atoms with Crippen molar-refractivity contribution in [2.24, 2.45) is 0 Å². The number of nitrogens with one attached hydrogen (secondary N) is 2. The number of amides is 1. The first-order chi connectivity index (χ1) is 11.5. The number of nitrogens with zero attached hydrogens (tertiary/aromatic N) is 1. The molecular formula is C19H18FN3O. The van der Waals surface area contributed by atoms with E-state index in [4.69, 9.17) is 5.26 Å². The molecule has 0 aliphatic rings. The van der Waals surface area contributed by atoms with Gasteiger partial charge in [0.05, 0.1) is 0 Å². The number of carbonyl (C=O) groups excluding carboxylic acids is 1. The number of aryl methyl sites for hydroxylation is 1. The van der Waals surface area contributed by atoms with Crippen molar-refractivity contribution in [2.75, 3.05) is 5.32 Å². The molecule has 0 aromatic heterocycles. The molecule has 0 atom stereocenters. The van der Waals surface area contributed by atoms with Crippen molar-refractivity contribution in [1.82, 2.24) is 5.32 Å². The second-order valence-electron chi connectivity index (χ2n) is 5.38. The molecule has 5 heteroatoms. The first-order valence-electron chi connectivity index (χ1n) is 7.47. The van der Waals surface area contributed by atoms with E-state index in [9.17, 15) is 9.18 Å². The second kappa shape index (κ2) is 7.93. The Balaban J connectivity index is 2.01. The van der Waals surface area contributed by atoms with Crippen LogP contribution in [-0.4, -0.2) is 5.91 Å². The third-order valence-corrected chi connectivity index (χ3v) is 3.68. The Kier molecular flexibility index (Phi) is 5.69. The Labute approximate surface area is 140 Å². The molecule has 0 saturated heterocycles. The van der Waals surface area contributed by atoms with Crippen molar-refractivity contribution in [2.45, 2.75) is 20.4 Å². The summed E-state index contributed by atoms with van der Waals surface area (Å²) in [5, 5.41) is 14.8. The molecule has 2 rings (SSSR count). The van der Waals surface area contributed by atoms with Crippen LogP contribution in [0.25, 0.3) is 0 Å². The highest BCUT2D eigenvalue weighted by atomic mass is 19.1. The van der Waals surface area contributed by atoms with E-state index in [-0.39, 0.29) is 11.4 Å². The van der Waals surface area contributed by atoms with Crippen LogP contribution in [0.1, 0.15) is 16.7 Å². The van der Waals surface area contributed by atoms with Gasteiger partial charge in [-0.2, -0.15) is 5.26 Å². The average Bonchev–Trinajstić information content (AvgIpc) is 2.57. The molecule has 0 aliphatic heterocycles. The highest BCUT2D eigenvalue weighted by Crippen LogP contribution is 2.18. The zero-order chi connectivity index (χ0) is 17.5. The lowest BCUT2D eigenvalue weighted by Crippen LogP contribution is -2.17. The second-order valence-corrected chi connectivity index (χ2v) is 5.38. The van der Waals surface area contributed by atoms with Crippen LogP contribution in [-0.2, 0) is 11.3 Å². The van der Waals surface area contributed by atoms with Gasteiger partial charge in [0.25, 0.3) is 5.91 Å². The van der Waals surface area contributed by atoms with Crippen molar-refractivity contribution < 1.29 is 9.18 Å². The molecule has 122 valence electrons. The normalized spacial score (nSPS) is 10.8. The number of hydrogen-bond acceptors (Lipinski definition) is 3. The summed E-state index contributed by atoms with van der Waals surface area (Å²) in [6.07, 6.45) is 1.36. The van der Waals surface area contributed by atoms with Crippen molar-refractivity contribution in [1.29, 1.82) is 5.26 Å². The lowest BCUT2D eigenvalue weighted by atomic mass is 10.1. The van der Waals surface area contributed by atoms with Gasteiger partial charge in [-0.1, -0.05) is 24.3 Å². The van der Waals surface area contributed by atoms with Crippen molar-refractivity contribution in [3.8, 4) is 6.07 Å². The van der Waals surface area contributed by atoms with Gasteiger partial charge < -0.3 is 10.6 Å². The smallest absolute Gasteiger partial charge is 0.267 e. The molecule has 0 unspecified atom stereocenters. The Hall–Kier alpha value is -3.13. The Morgan fingerprint density at radius 1 is 1.21 bits per heavy atom. The fraction of sp³-hybridized carbons (Fsp3) is 0.158. The zero-order valence-corrected chi connectivity index (χ0v) is 13.6. The molecule has 0 bridgehead atoms. The van der Waals surface area contributed by atoms with Gasteiger partial charge in [0.15, 0.2) is 0 Å². The highest BCUT2D eigenvalue weighted by molar-refractivity contribution is 6.06. The van der Waals surface area contributed by atoms with Gasteiger partial charge in [0, 0.05) is 18.4 Å². The first-order valence-corrected chi connectivity index (χ1v) is 7.47. The monoisotopic (exact) mass is 323 g/mol. The standard InChI is InChI=1S/C19H18FN3O/c1-13-4-3-5-18(14(13)2)23-19(24)16(10-21)12-22-11-15-6-8-17(20)9-7-15/h3-9,12,22H,11H2,1-2H3,(H,23,24)/b16-12-. The van der Waals surface area contributed by atoms with Crippen LogP contribution in [0.2, 0.25) is 0 Å². The maximum atomic E-state index is 12.8. The number of anilines is 1. The van der Waals surface area contributed by atoms with Crippen LogP contribution >= 0.6 is 0 Å². The van der Waals surface area contributed by atoms with Gasteiger partial charge >= 0.3 is 0 Å². The molecule has 2 aromatic carbocycles. The quantitative estimate of drug-likeness (QED) is 0.653. The summed E-state index contributed by atoms with van der Waals surface area (Å²) in [5.41, 5.74) is 3.52. The lowest BCUT2D eigenvalue weighted by Gasteiger charge is -2.10. The predicted octanol–water partition coefficient (Wildman–Crippen LogP) is 3.58. The Bertz CT molecular complexity index is 804. The Morgan fingerprint density at radius 3 is 2.58 bits per heavy atom. The molecule has 4 nitrogen and oxygen atoms in total. The van der Waals surface area contributed by atoms with Gasteiger partial charge in [-0.05, 0) is 48.7 Å². The fourth-order valence-corrected chi connectivity index (χ4v) is 2.10. The molecular weight excluding hydrogens is 305 g/mol. The summed E-state index contributed by atoms with van der Waals surface area (Å²) in [7, 11) is 0. The minimum Gasteiger partial charge on any atom is -0.386 e. The third-order valence-electron chi connectivity index (χ3n) is 3.68. The van der Waals surface area contributed by atoms with Gasteiger partial charge in [0.1, 0.15) is 17.5 Å². The van der Waals surface area contributed by atoms with Crippen LogP contribution in [0.3, 0.4) is 0 Å². The summed E-state index contributed by atoms with van der Waals surface area (Å²) in [4.78, 5) is 12.2. The zero-order valence-electron chi connectivity index (χ0n) is 13.6. The molecule has 0 spiro atoms. The molecule has 2 N–H and O–H groups in total. The van der Waals surface area contributed by atoms with Crippen LogP contribution < -0.4 is 10.6 Å². The summed E-state index contributed by atoms with van der Waals surface area (Å²) >= 11 is 0. The van der Waals surface area contributed by atoms with Gasteiger partial charge in [-0.3, -0.25) is 4.79 Å². The maximum absolute atomic E-state index is 12.8. The molecule has 0 heterocycles. The van der Waals surface area contributed by atoms with E-state index in [0.29, 0.717) is 12.2 Å². The van der Waals surface area contributed by atoms with E-state index in [2.05, 4.69) is 10.6 Å². The highest BCUT2D eigenvalue weighted by Gasteiger charge is 2.11. The van der Waals surface area contributed by atoms with Gasteiger partial charge in [-0.15, -0.1) is 0 Å². The lowest BCUT2D eigenvalue weighted by molar-refractivity contribution is -0.112. The van der Waals surface area contributed by atoms with Crippen molar-refractivity contribution in [3.05, 3.63) is 76.7 Å². The van der Waals surface area contributed by atoms with E-state index >= 15 is 0 Å². The van der Waals surface area contributed by atoms with Gasteiger partial charge in [-0.25, -0.2) is 4.39 Å². The van der Waals surface area contributed by atoms with Crippen LogP contribution in [0.5, 0.6) is 0 Å². The minimum atomic E-state index is -0.474. The SMILES string of the molecule is Cc1cccc(NC(=O)/C(C#N)=C\NCc2ccc(F)cc2)c1C. The number of hydrogen-bond donors (Lipinski definition) is 2. The van der Waals surface area contributed by atoms with E-state index in [0.717, 1.165) is 16.7 Å². The van der Waals surface area contributed by atoms with E-state index in [1.807, 2.05) is 32.0 Å². The van der Waals surface area contributed by atoms with Crippen molar-refractivity contribution in [3.63, 3.8) is 0 Å². The summed E-state index contributed by atoms with van der Waals surface area (Å²) in [5.74, 6) is -0.780. The molecule has 0 aliphatic carbocycles. The Morgan fingerprint density at radius 2 is 1.92 bits per heavy atom. The summed E-state index contributed by atoms with van der Waals surface area (Å²) < 4.78 is 12.8. The van der Waals surface area contributed by atoms with E-state index in [1.165, 1.54) is 18.3 Å². The number of halogens is 1. The molecule has 0 saturated carbocycles. The van der Waals surface area contributed by atoms with E-state index in [1.54, 1.807) is 18.2 Å². The number of benzene rings is 2. The maximum Gasteiger partial charge on any atom is 0.267 e. The predicted molar refractivity (Wildman–Crippen MR) is 91.5 cm³/mol. The van der Waals surface area contributed by atoms with Crippen LogP contribution in [0, 0.1) is 31.0 Å².